The van der Waals surface area contributed by atoms with E-state index >= 15 is 0 Å². The van der Waals surface area contributed by atoms with E-state index in [9.17, 15) is 18.4 Å². The Kier molecular flexibility index (Phi) is 5.52. The molecule has 0 spiro atoms. The lowest BCUT2D eigenvalue weighted by molar-refractivity contribution is -0.137. The van der Waals surface area contributed by atoms with Gasteiger partial charge in [-0.1, -0.05) is 26.2 Å². The molecule has 32 heavy (non-hydrogen) atoms. The first-order valence-electron chi connectivity index (χ1n) is 12.1. The average Bonchev–Trinajstić information content (AvgIpc) is 3.16. The van der Waals surface area contributed by atoms with E-state index in [1.54, 1.807) is 6.07 Å². The minimum atomic E-state index is -4.32. The molecule has 0 amide bonds. The summed E-state index contributed by atoms with van der Waals surface area (Å²) in [6.45, 7) is 5.20. The Labute approximate surface area is 188 Å². The predicted molar refractivity (Wildman–Crippen MR) is 119 cm³/mol. The highest BCUT2D eigenvalue weighted by atomic mass is 19.4. The minimum Gasteiger partial charge on any atom is -0.358 e. The van der Waals surface area contributed by atoms with Gasteiger partial charge in [0.1, 0.15) is 0 Å². The van der Waals surface area contributed by atoms with Crippen LogP contribution in [-0.4, -0.2) is 29.5 Å². The van der Waals surface area contributed by atoms with E-state index in [0.717, 1.165) is 73.9 Å². The highest BCUT2D eigenvalue weighted by molar-refractivity contribution is 5.86. The van der Waals surface area contributed by atoms with Gasteiger partial charge in [0.2, 0.25) is 0 Å². The predicted octanol–water partition coefficient (Wildman–Crippen LogP) is 6.65. The summed E-state index contributed by atoms with van der Waals surface area (Å²) in [5, 5.41) is 10.6. The van der Waals surface area contributed by atoms with Crippen LogP contribution in [0.4, 0.5) is 13.2 Å². The lowest BCUT2D eigenvalue weighted by Crippen LogP contribution is -2.46. The van der Waals surface area contributed by atoms with E-state index in [-0.39, 0.29) is 11.3 Å². The van der Waals surface area contributed by atoms with Crippen LogP contribution < -0.4 is 0 Å². The lowest BCUT2D eigenvalue weighted by atomic mass is 9.68. The second-order valence-corrected chi connectivity index (χ2v) is 10.5. The van der Waals surface area contributed by atoms with Crippen LogP contribution in [-0.2, 0) is 12.6 Å². The summed E-state index contributed by atoms with van der Waals surface area (Å²) in [7, 11) is 0. The van der Waals surface area contributed by atoms with Gasteiger partial charge in [-0.3, -0.25) is 0 Å². The van der Waals surface area contributed by atoms with E-state index in [2.05, 4.69) is 22.9 Å². The number of piperidine rings is 1. The molecule has 3 nitrogen and oxygen atoms in total. The molecule has 6 heteroatoms. The number of hydrogen-bond donors (Lipinski definition) is 1. The summed E-state index contributed by atoms with van der Waals surface area (Å²) in [5.74, 6) is 1.25. The van der Waals surface area contributed by atoms with Crippen LogP contribution in [0.2, 0.25) is 0 Å². The molecular formula is C26H32F3N3. The molecule has 2 heterocycles. The van der Waals surface area contributed by atoms with E-state index in [0.29, 0.717) is 11.8 Å². The SMILES string of the molecule is C[C@H]1c2c([nH]c3ccc(C(F)(F)F)cc23)C[C@H]2CCN(CCC3(C#N)CCCCC3)C[C@@H]21. The van der Waals surface area contributed by atoms with Gasteiger partial charge >= 0.3 is 6.18 Å². The Balaban J connectivity index is 1.35. The van der Waals surface area contributed by atoms with Crippen molar-refractivity contribution in [3.05, 3.63) is 35.0 Å². The van der Waals surface area contributed by atoms with Gasteiger partial charge in [0.25, 0.3) is 0 Å². The average molecular weight is 444 g/mol. The number of likely N-dealkylation sites (tertiary alicyclic amines) is 1. The first-order valence-corrected chi connectivity index (χ1v) is 12.1. The molecule has 0 bridgehead atoms. The molecule has 0 radical (unpaired) electrons. The Morgan fingerprint density at radius 2 is 2.00 bits per heavy atom. The summed E-state index contributed by atoms with van der Waals surface area (Å²) >= 11 is 0. The van der Waals surface area contributed by atoms with Crippen molar-refractivity contribution in [2.45, 2.75) is 70.4 Å². The normalized spacial score (nSPS) is 28.2. The standard InChI is InChI=1S/C26H32F3N3/c1-17-21-15-32(12-10-25(16-30)8-3-2-4-9-25)11-7-18(21)13-23-24(17)20-14-19(26(27,28)29)5-6-22(20)31-23/h5-6,14,17-18,21,31H,2-4,7-13,15H2,1H3/t17-,18-,21-/m1/s1. The second-order valence-electron chi connectivity index (χ2n) is 10.5. The van der Waals surface area contributed by atoms with Crippen molar-refractivity contribution in [1.82, 2.24) is 9.88 Å². The van der Waals surface area contributed by atoms with Crippen molar-refractivity contribution < 1.29 is 13.2 Å². The van der Waals surface area contributed by atoms with Crippen molar-refractivity contribution >= 4 is 10.9 Å². The van der Waals surface area contributed by atoms with Gasteiger partial charge in [-0.05, 0) is 86.7 Å². The van der Waals surface area contributed by atoms with Crippen molar-refractivity contribution in [2.24, 2.45) is 17.3 Å². The maximum Gasteiger partial charge on any atom is 0.416 e. The quantitative estimate of drug-likeness (QED) is 0.577. The van der Waals surface area contributed by atoms with Crippen LogP contribution in [0.25, 0.3) is 10.9 Å². The fraction of sp³-hybridized carbons (Fsp3) is 0.654. The van der Waals surface area contributed by atoms with Gasteiger partial charge in [-0.25, -0.2) is 0 Å². The Hall–Kier alpha value is -2.00. The van der Waals surface area contributed by atoms with Crippen molar-refractivity contribution in [1.29, 1.82) is 5.26 Å². The maximum atomic E-state index is 13.3. The molecule has 3 aliphatic rings. The zero-order chi connectivity index (χ0) is 22.5. The molecule has 2 fully saturated rings. The number of aromatic amines is 1. The summed E-state index contributed by atoms with van der Waals surface area (Å²) < 4.78 is 40.0. The fourth-order valence-corrected chi connectivity index (χ4v) is 6.74. The van der Waals surface area contributed by atoms with Crippen LogP contribution in [0, 0.1) is 28.6 Å². The molecule has 1 saturated heterocycles. The van der Waals surface area contributed by atoms with Crippen LogP contribution in [0.15, 0.2) is 18.2 Å². The maximum absolute atomic E-state index is 13.3. The molecule has 2 aliphatic carbocycles. The molecule has 172 valence electrons. The first kappa shape index (κ1) is 21.8. The molecule has 1 aromatic heterocycles. The van der Waals surface area contributed by atoms with Gasteiger partial charge in [0.15, 0.2) is 0 Å². The first-order chi connectivity index (χ1) is 15.3. The molecular weight excluding hydrogens is 411 g/mol. The number of fused-ring (bicyclic) bond motifs is 4. The third-order valence-electron chi connectivity index (χ3n) is 8.66. The molecule has 1 aliphatic heterocycles. The monoisotopic (exact) mass is 443 g/mol. The molecule has 1 saturated carbocycles. The summed E-state index contributed by atoms with van der Waals surface area (Å²) in [4.78, 5) is 5.95. The highest BCUT2D eigenvalue weighted by Crippen LogP contribution is 2.47. The number of nitrogens with zero attached hydrogens (tertiary/aromatic N) is 2. The van der Waals surface area contributed by atoms with E-state index in [1.807, 2.05) is 0 Å². The van der Waals surface area contributed by atoms with Crippen LogP contribution in [0.3, 0.4) is 0 Å². The number of nitrogens with one attached hydrogen (secondary N) is 1. The Morgan fingerprint density at radius 1 is 1.22 bits per heavy atom. The molecule has 5 rings (SSSR count). The number of H-pyrrole nitrogens is 1. The number of rotatable bonds is 3. The molecule has 3 atom stereocenters. The third-order valence-corrected chi connectivity index (χ3v) is 8.66. The topological polar surface area (TPSA) is 42.8 Å². The number of hydrogen-bond acceptors (Lipinski definition) is 2. The molecule has 1 aromatic carbocycles. The van der Waals surface area contributed by atoms with E-state index < -0.39 is 11.7 Å². The summed E-state index contributed by atoms with van der Waals surface area (Å²) in [6, 6.07) is 6.75. The van der Waals surface area contributed by atoms with E-state index in [1.165, 1.54) is 31.4 Å². The van der Waals surface area contributed by atoms with Crippen molar-refractivity contribution in [3.8, 4) is 6.07 Å². The van der Waals surface area contributed by atoms with Crippen molar-refractivity contribution in [2.75, 3.05) is 19.6 Å². The summed E-state index contributed by atoms with van der Waals surface area (Å²) in [5.41, 5.74) is 2.33. The molecule has 0 unspecified atom stereocenters. The number of halogens is 3. The lowest BCUT2D eigenvalue weighted by Gasteiger charge is -2.45. The van der Waals surface area contributed by atoms with Gasteiger partial charge in [-0.15, -0.1) is 0 Å². The summed E-state index contributed by atoms with van der Waals surface area (Å²) in [6.07, 6.45) is 4.31. The van der Waals surface area contributed by atoms with Crippen LogP contribution in [0.5, 0.6) is 0 Å². The highest BCUT2D eigenvalue weighted by Gasteiger charge is 2.41. The number of benzene rings is 1. The number of nitriles is 1. The zero-order valence-electron chi connectivity index (χ0n) is 18.8. The van der Waals surface area contributed by atoms with Gasteiger partial charge in [0.05, 0.1) is 17.0 Å². The van der Waals surface area contributed by atoms with Crippen LogP contribution >= 0.6 is 0 Å². The van der Waals surface area contributed by atoms with E-state index in [4.69, 9.17) is 0 Å². The number of aromatic nitrogens is 1. The Bertz CT molecular complexity index is 1030. The molecule has 1 N–H and O–H groups in total. The number of alkyl halides is 3. The Morgan fingerprint density at radius 3 is 2.72 bits per heavy atom. The second kappa shape index (κ2) is 8.09. The van der Waals surface area contributed by atoms with Crippen molar-refractivity contribution in [3.63, 3.8) is 0 Å². The minimum absolute atomic E-state index is 0.148. The largest absolute Gasteiger partial charge is 0.416 e. The zero-order valence-corrected chi connectivity index (χ0v) is 18.8. The van der Waals surface area contributed by atoms with Gasteiger partial charge in [0, 0.05) is 23.1 Å². The fourth-order valence-electron chi connectivity index (χ4n) is 6.74. The van der Waals surface area contributed by atoms with Gasteiger partial charge in [-0.2, -0.15) is 18.4 Å². The third kappa shape index (κ3) is 3.83. The van der Waals surface area contributed by atoms with Gasteiger partial charge < -0.3 is 9.88 Å². The molecule has 2 aromatic rings. The smallest absolute Gasteiger partial charge is 0.358 e. The van der Waals surface area contributed by atoms with Crippen LogP contribution in [0.1, 0.15) is 74.6 Å².